The molecule has 0 aromatic rings. The molecule has 9 nitrogen and oxygen atoms in total. The van der Waals surface area contributed by atoms with Crippen LogP contribution in [0.25, 0.3) is 0 Å². The van der Waals surface area contributed by atoms with E-state index in [1.54, 1.807) is 14.1 Å². The maximum Gasteiger partial charge on any atom is 0.352 e. The monoisotopic (exact) mass is 415 g/mol. The molecule has 0 bridgehead atoms. The van der Waals surface area contributed by atoms with Crippen LogP contribution < -0.4 is 10.6 Å². The predicted octanol–water partition coefficient (Wildman–Crippen LogP) is -0.0859. The number of aliphatic hydroxyl groups excluding tert-OH is 1. The number of rotatable bonds is 8. The summed E-state index contributed by atoms with van der Waals surface area (Å²) in [5.74, 6) is -3.39. The fourth-order valence-electron chi connectivity index (χ4n) is 3.64. The van der Waals surface area contributed by atoms with Gasteiger partial charge in [-0.05, 0) is 19.8 Å². The minimum absolute atomic E-state index is 0.00718. The lowest BCUT2D eigenvalue weighted by Crippen LogP contribution is -2.39. The van der Waals surface area contributed by atoms with Gasteiger partial charge in [0.15, 0.2) is 0 Å². The molecule has 0 unspecified atom stereocenters. The Morgan fingerprint density at radius 2 is 1.93 bits per heavy atom. The molecule has 2 aliphatic heterocycles. The van der Waals surface area contributed by atoms with E-state index in [4.69, 9.17) is 0 Å². The molecule has 2 aliphatic rings. The van der Waals surface area contributed by atoms with Crippen molar-refractivity contribution >= 4 is 29.6 Å². The highest BCUT2D eigenvalue weighted by Crippen LogP contribution is 2.41. The molecule has 1 saturated heterocycles. The second-order valence-electron chi connectivity index (χ2n) is 7.67. The Balaban J connectivity index is 2.09. The number of amides is 1. The Kier molecular flexibility index (Phi) is 7.35. The average Bonchev–Trinajstić information content (AvgIpc) is 3.17. The summed E-state index contributed by atoms with van der Waals surface area (Å²) < 4.78 is 0. The van der Waals surface area contributed by atoms with Crippen LogP contribution in [0.5, 0.6) is 0 Å². The van der Waals surface area contributed by atoms with E-state index in [0.717, 1.165) is 0 Å². The maximum absolute atomic E-state index is 12.1. The zero-order chi connectivity index (χ0) is 21.2. The number of aliphatic hydroxyl groups is 1. The molecule has 1 fully saturated rings. The fraction of sp³-hybridized carbons (Fsp3) is 0.722. The molecule has 0 aromatic carbocycles. The van der Waals surface area contributed by atoms with Gasteiger partial charge in [0.25, 0.3) is 0 Å². The van der Waals surface area contributed by atoms with Crippen LogP contribution in [-0.4, -0.2) is 82.1 Å². The minimum Gasteiger partial charge on any atom is -0.481 e. The van der Waals surface area contributed by atoms with Crippen molar-refractivity contribution in [2.75, 3.05) is 20.6 Å². The van der Waals surface area contributed by atoms with Crippen LogP contribution >= 0.6 is 11.8 Å². The van der Waals surface area contributed by atoms with E-state index in [9.17, 15) is 29.7 Å². The fourth-order valence-corrected chi connectivity index (χ4v) is 5.11. The molecule has 2 heterocycles. The number of aliphatic carboxylic acids is 2. The van der Waals surface area contributed by atoms with Gasteiger partial charge >= 0.3 is 11.9 Å². The molecule has 1 amide bonds. The SMILES string of the molecule is C[C@@H](O)[C@H](C[C@@H]1NC(C(=O)O)=C(S[C@@H]2CN[C@H](C(=O)N(C)C)C2)[C@@H]1C)C(=O)O. The van der Waals surface area contributed by atoms with Crippen molar-refractivity contribution in [3.63, 3.8) is 0 Å². The Labute approximate surface area is 168 Å². The summed E-state index contributed by atoms with van der Waals surface area (Å²) in [5.41, 5.74) is 0.0830. The van der Waals surface area contributed by atoms with Gasteiger partial charge < -0.3 is 30.9 Å². The van der Waals surface area contributed by atoms with E-state index in [1.165, 1.54) is 23.6 Å². The van der Waals surface area contributed by atoms with Crippen LogP contribution in [0.1, 0.15) is 26.7 Å². The van der Waals surface area contributed by atoms with E-state index >= 15 is 0 Å². The van der Waals surface area contributed by atoms with E-state index in [-0.39, 0.29) is 35.2 Å². The van der Waals surface area contributed by atoms with Crippen molar-refractivity contribution in [2.24, 2.45) is 11.8 Å². The normalized spacial score (nSPS) is 29.3. The number of carbonyl (C=O) groups is 3. The van der Waals surface area contributed by atoms with Gasteiger partial charge in [-0.25, -0.2) is 4.79 Å². The Morgan fingerprint density at radius 1 is 1.29 bits per heavy atom. The highest BCUT2D eigenvalue weighted by atomic mass is 32.2. The summed E-state index contributed by atoms with van der Waals surface area (Å²) in [6, 6.07) is -0.675. The number of nitrogens with zero attached hydrogens (tertiary/aromatic N) is 1. The largest absolute Gasteiger partial charge is 0.481 e. The average molecular weight is 416 g/mol. The number of hydrogen-bond donors (Lipinski definition) is 5. The van der Waals surface area contributed by atoms with Gasteiger partial charge in [0.05, 0.1) is 18.1 Å². The molecule has 158 valence electrons. The maximum atomic E-state index is 12.1. The lowest BCUT2D eigenvalue weighted by Gasteiger charge is -2.24. The van der Waals surface area contributed by atoms with E-state index in [1.807, 2.05) is 6.92 Å². The second-order valence-corrected chi connectivity index (χ2v) is 9.02. The van der Waals surface area contributed by atoms with Gasteiger partial charge in [0, 0.05) is 42.8 Å². The molecule has 0 saturated carbocycles. The van der Waals surface area contributed by atoms with Crippen molar-refractivity contribution in [1.29, 1.82) is 0 Å². The number of nitrogens with one attached hydrogen (secondary N) is 2. The van der Waals surface area contributed by atoms with Gasteiger partial charge in [-0.2, -0.15) is 0 Å². The lowest BCUT2D eigenvalue weighted by atomic mass is 9.90. The van der Waals surface area contributed by atoms with E-state index in [2.05, 4.69) is 10.6 Å². The third-order valence-electron chi connectivity index (χ3n) is 5.34. The molecule has 0 aliphatic carbocycles. The third-order valence-corrected chi connectivity index (χ3v) is 6.86. The summed E-state index contributed by atoms with van der Waals surface area (Å²) in [5, 5.41) is 34.8. The number of thioether (sulfide) groups is 1. The summed E-state index contributed by atoms with van der Waals surface area (Å²) in [6.45, 7) is 3.88. The highest BCUT2D eigenvalue weighted by molar-refractivity contribution is 8.03. The number of likely N-dealkylation sites (N-methyl/N-ethyl adjacent to an activating group) is 1. The number of carboxylic acids is 2. The first-order valence-corrected chi connectivity index (χ1v) is 10.2. The first-order chi connectivity index (χ1) is 13.0. The number of carbonyl (C=O) groups excluding carboxylic acids is 1. The van der Waals surface area contributed by atoms with Gasteiger partial charge in [-0.15, -0.1) is 11.8 Å². The molecule has 10 heteroatoms. The highest BCUT2D eigenvalue weighted by Gasteiger charge is 2.40. The first-order valence-electron chi connectivity index (χ1n) is 9.29. The molecule has 28 heavy (non-hydrogen) atoms. The molecule has 0 aromatic heterocycles. The Bertz CT molecular complexity index is 666. The summed E-state index contributed by atoms with van der Waals surface area (Å²) in [6.07, 6.45) is -0.311. The number of carboxylic acid groups (broad SMARTS) is 2. The topological polar surface area (TPSA) is 139 Å². The molecule has 2 rings (SSSR count). The van der Waals surface area contributed by atoms with Crippen LogP contribution in [0.4, 0.5) is 0 Å². The Morgan fingerprint density at radius 3 is 2.43 bits per heavy atom. The van der Waals surface area contributed by atoms with Gasteiger partial charge in [0.1, 0.15) is 5.70 Å². The van der Waals surface area contributed by atoms with Crippen molar-refractivity contribution in [3.8, 4) is 0 Å². The minimum atomic E-state index is -1.10. The van der Waals surface area contributed by atoms with Crippen molar-refractivity contribution < 1.29 is 29.7 Å². The standard InChI is InChI=1S/C18H29N3O6S/c1-8-12(6-11(9(2)22)17(24)25)20-14(18(26)27)15(8)28-10-5-13(19-7-10)16(23)21(3)4/h8-13,19-20,22H,5-7H2,1-4H3,(H,24,25)(H,26,27)/t8-,9-,10+,11+,12+,13+/m1/s1. The van der Waals surface area contributed by atoms with Crippen LogP contribution in [0, 0.1) is 11.8 Å². The first kappa shape index (κ1) is 22.5. The smallest absolute Gasteiger partial charge is 0.352 e. The molecule has 5 N–H and O–H groups in total. The number of hydrogen-bond acceptors (Lipinski definition) is 7. The third kappa shape index (κ3) is 4.98. The second kappa shape index (κ2) is 9.15. The van der Waals surface area contributed by atoms with Crippen molar-refractivity contribution in [2.45, 2.75) is 50.1 Å². The summed E-state index contributed by atoms with van der Waals surface area (Å²) >= 11 is 1.43. The zero-order valence-corrected chi connectivity index (χ0v) is 17.3. The van der Waals surface area contributed by atoms with Crippen LogP contribution in [-0.2, 0) is 14.4 Å². The van der Waals surface area contributed by atoms with E-state index < -0.39 is 30.0 Å². The molecular formula is C18H29N3O6S. The molecule has 6 atom stereocenters. The molecule has 0 spiro atoms. The van der Waals surface area contributed by atoms with Gasteiger partial charge in [-0.3, -0.25) is 9.59 Å². The molecule has 0 radical (unpaired) electrons. The van der Waals surface area contributed by atoms with Crippen molar-refractivity contribution in [3.05, 3.63) is 10.6 Å². The Hall–Kier alpha value is -1.78. The summed E-state index contributed by atoms with van der Waals surface area (Å²) in [7, 11) is 3.40. The zero-order valence-electron chi connectivity index (χ0n) is 16.5. The van der Waals surface area contributed by atoms with Crippen LogP contribution in [0.2, 0.25) is 0 Å². The predicted molar refractivity (Wildman–Crippen MR) is 105 cm³/mol. The van der Waals surface area contributed by atoms with Gasteiger partial charge in [0.2, 0.25) is 5.91 Å². The lowest BCUT2D eigenvalue weighted by molar-refractivity contribution is -0.146. The quantitative estimate of drug-likeness (QED) is 0.368. The molecular weight excluding hydrogens is 386 g/mol. The van der Waals surface area contributed by atoms with Gasteiger partial charge in [-0.1, -0.05) is 6.92 Å². The van der Waals surface area contributed by atoms with Crippen LogP contribution in [0.15, 0.2) is 10.6 Å². The van der Waals surface area contributed by atoms with E-state index in [0.29, 0.717) is 17.9 Å². The van der Waals surface area contributed by atoms with Crippen molar-refractivity contribution in [1.82, 2.24) is 15.5 Å². The van der Waals surface area contributed by atoms with Crippen LogP contribution in [0.3, 0.4) is 0 Å². The summed E-state index contributed by atoms with van der Waals surface area (Å²) in [4.78, 5) is 37.4.